The number of aromatic nitrogens is 1. The van der Waals surface area contributed by atoms with Gasteiger partial charge in [-0.1, -0.05) is 12.1 Å². The van der Waals surface area contributed by atoms with E-state index < -0.39 is 0 Å². The number of hydrogen-bond acceptors (Lipinski definition) is 5. The third-order valence-electron chi connectivity index (χ3n) is 1.77. The van der Waals surface area contributed by atoms with Crippen LogP contribution in [0.3, 0.4) is 0 Å². The minimum Gasteiger partial charge on any atom is -0.364 e. The van der Waals surface area contributed by atoms with Gasteiger partial charge < -0.3 is 9.84 Å². The number of nitrogens with one attached hydrogen (secondary N) is 2. The lowest BCUT2D eigenvalue weighted by Crippen LogP contribution is -2.32. The first kappa shape index (κ1) is 14.2. The van der Waals surface area contributed by atoms with Crippen LogP contribution in [-0.4, -0.2) is 29.2 Å². The second-order valence-corrected chi connectivity index (χ2v) is 5.26. The Morgan fingerprint density at radius 1 is 1.53 bits per heavy atom. The summed E-state index contributed by atoms with van der Waals surface area (Å²) in [7, 11) is 0. The first-order valence-corrected chi connectivity index (χ1v) is 7.59. The fraction of sp³-hybridized carbons (Fsp3) is 0.600. The molecular weight excluding hydrogens is 258 g/mol. The molecule has 0 saturated carbocycles. The van der Waals surface area contributed by atoms with E-state index in [1.807, 2.05) is 13.0 Å². The van der Waals surface area contributed by atoms with Gasteiger partial charge in [0.05, 0.1) is 5.69 Å². The van der Waals surface area contributed by atoms with Gasteiger partial charge in [-0.3, -0.25) is 4.72 Å². The van der Waals surface area contributed by atoms with E-state index in [0.29, 0.717) is 6.54 Å². The number of rotatable bonds is 8. The van der Waals surface area contributed by atoms with Gasteiger partial charge in [-0.2, -0.15) is 11.8 Å². The van der Waals surface area contributed by atoms with E-state index in [1.54, 1.807) is 18.0 Å². The van der Waals surface area contributed by atoms with E-state index in [1.165, 1.54) is 11.9 Å². The molecule has 0 unspecified atom stereocenters. The van der Waals surface area contributed by atoms with Crippen LogP contribution in [0, 0.1) is 0 Å². The number of hydrogen-bond donors (Lipinski definition) is 2. The quantitative estimate of drug-likeness (QED) is 0.563. The number of carbonyl (C=O) groups excluding carboxylic acids is 1. The summed E-state index contributed by atoms with van der Waals surface area (Å²) in [6.45, 7) is 2.74. The molecule has 1 aromatic rings. The largest absolute Gasteiger partial charge is 0.364 e. The maximum Gasteiger partial charge on any atom is 0.324 e. The van der Waals surface area contributed by atoms with Gasteiger partial charge in [-0.25, -0.2) is 4.79 Å². The molecule has 17 heavy (non-hydrogen) atoms. The summed E-state index contributed by atoms with van der Waals surface area (Å²) in [4.78, 5) is 11.1. The van der Waals surface area contributed by atoms with Gasteiger partial charge in [0.1, 0.15) is 6.26 Å². The molecule has 5 nitrogen and oxygen atoms in total. The number of thioether (sulfide) groups is 1. The van der Waals surface area contributed by atoms with Gasteiger partial charge in [0.2, 0.25) is 0 Å². The highest BCUT2D eigenvalue weighted by molar-refractivity contribution is 8.01. The normalized spacial score (nSPS) is 10.2. The fourth-order valence-electron chi connectivity index (χ4n) is 0.981. The molecule has 0 bridgehead atoms. The van der Waals surface area contributed by atoms with E-state index in [-0.39, 0.29) is 6.03 Å². The van der Waals surface area contributed by atoms with Gasteiger partial charge in [0.15, 0.2) is 0 Å². The predicted octanol–water partition coefficient (Wildman–Crippen LogP) is 2.27. The first-order valence-electron chi connectivity index (χ1n) is 5.45. The summed E-state index contributed by atoms with van der Waals surface area (Å²) in [5.41, 5.74) is 0.952. The lowest BCUT2D eigenvalue weighted by Gasteiger charge is -2.05. The van der Waals surface area contributed by atoms with Crippen molar-refractivity contribution in [2.45, 2.75) is 19.1 Å². The van der Waals surface area contributed by atoms with Crippen LogP contribution in [0.15, 0.2) is 16.9 Å². The van der Waals surface area contributed by atoms with E-state index >= 15 is 0 Å². The molecule has 0 radical (unpaired) electrons. The minimum absolute atomic E-state index is 0.113. The second kappa shape index (κ2) is 9.23. The summed E-state index contributed by atoms with van der Waals surface area (Å²) in [5.74, 6) is 2.69. The van der Waals surface area contributed by atoms with Crippen molar-refractivity contribution in [1.82, 2.24) is 15.2 Å². The lowest BCUT2D eigenvalue weighted by atomic mass is 10.5. The first-order chi connectivity index (χ1) is 8.33. The van der Waals surface area contributed by atoms with Crippen molar-refractivity contribution in [3.05, 3.63) is 18.0 Å². The summed E-state index contributed by atoms with van der Waals surface area (Å²) < 4.78 is 7.46. The molecule has 1 aromatic heterocycles. The van der Waals surface area contributed by atoms with Crippen LogP contribution in [0.5, 0.6) is 0 Å². The van der Waals surface area contributed by atoms with Gasteiger partial charge in [0, 0.05) is 29.9 Å². The minimum atomic E-state index is -0.113. The highest BCUT2D eigenvalue weighted by atomic mass is 32.2. The molecule has 0 saturated heterocycles. The Morgan fingerprint density at radius 2 is 2.41 bits per heavy atom. The monoisotopic (exact) mass is 275 g/mol. The molecule has 0 aliphatic rings. The van der Waals surface area contributed by atoms with Crippen LogP contribution in [0.25, 0.3) is 0 Å². The lowest BCUT2D eigenvalue weighted by molar-refractivity contribution is 0.246. The van der Waals surface area contributed by atoms with Crippen molar-refractivity contribution < 1.29 is 9.32 Å². The zero-order valence-corrected chi connectivity index (χ0v) is 11.4. The van der Waals surface area contributed by atoms with Crippen LogP contribution in [-0.2, 0) is 5.75 Å². The number of urea groups is 1. The van der Waals surface area contributed by atoms with Crippen LogP contribution in [0.2, 0.25) is 0 Å². The summed E-state index contributed by atoms with van der Waals surface area (Å²) >= 11 is 3.19. The van der Waals surface area contributed by atoms with E-state index in [9.17, 15) is 4.79 Å². The third-order valence-corrected chi connectivity index (χ3v) is 3.76. The smallest absolute Gasteiger partial charge is 0.324 e. The van der Waals surface area contributed by atoms with Gasteiger partial charge in [-0.05, 0) is 18.4 Å². The molecule has 7 heteroatoms. The van der Waals surface area contributed by atoms with E-state index in [2.05, 4.69) is 15.2 Å². The van der Waals surface area contributed by atoms with Crippen LogP contribution >= 0.6 is 23.7 Å². The van der Waals surface area contributed by atoms with Crippen molar-refractivity contribution in [3.8, 4) is 0 Å². The number of amides is 2. The summed E-state index contributed by atoms with van der Waals surface area (Å²) in [5, 5.41) is 6.56. The van der Waals surface area contributed by atoms with E-state index in [0.717, 1.165) is 29.4 Å². The number of carbonyl (C=O) groups is 1. The van der Waals surface area contributed by atoms with Gasteiger partial charge >= 0.3 is 6.03 Å². The molecule has 0 spiro atoms. The molecule has 0 atom stereocenters. The fourth-order valence-corrected chi connectivity index (χ4v) is 2.59. The molecule has 0 aromatic carbocycles. The highest BCUT2D eigenvalue weighted by Gasteiger charge is 1.99. The predicted molar refractivity (Wildman–Crippen MR) is 71.9 cm³/mol. The Morgan fingerprint density at radius 3 is 3.12 bits per heavy atom. The molecule has 0 fully saturated rings. The highest BCUT2D eigenvalue weighted by Crippen LogP contribution is 2.11. The second-order valence-electron chi connectivity index (χ2n) is 3.25. The van der Waals surface area contributed by atoms with Crippen molar-refractivity contribution >= 4 is 29.7 Å². The third kappa shape index (κ3) is 7.17. The zero-order chi connectivity index (χ0) is 12.3. The molecule has 0 aliphatic carbocycles. The number of nitrogens with zero attached hydrogens (tertiary/aromatic N) is 1. The molecule has 1 heterocycles. The Bertz CT molecular complexity index is 307. The average molecular weight is 275 g/mol. The zero-order valence-electron chi connectivity index (χ0n) is 9.77. The maximum atomic E-state index is 11.1. The van der Waals surface area contributed by atoms with Crippen molar-refractivity contribution in [3.63, 3.8) is 0 Å². The topological polar surface area (TPSA) is 67.2 Å². The molecule has 0 aliphatic heterocycles. The molecule has 96 valence electrons. The molecule has 2 N–H and O–H groups in total. The van der Waals surface area contributed by atoms with Gasteiger partial charge in [-0.15, -0.1) is 0 Å². The summed E-state index contributed by atoms with van der Waals surface area (Å²) in [6.07, 6.45) is 2.52. The van der Waals surface area contributed by atoms with Crippen molar-refractivity contribution in [2.24, 2.45) is 0 Å². The van der Waals surface area contributed by atoms with Gasteiger partial charge in [0.25, 0.3) is 0 Å². The Balaban J connectivity index is 1.89. The Labute approximate surface area is 110 Å². The average Bonchev–Trinajstić information content (AvgIpc) is 2.84. The van der Waals surface area contributed by atoms with Crippen LogP contribution in [0.4, 0.5) is 4.79 Å². The SMILES string of the molecule is CCCNC(=O)NSCCSCc1ccon1. The van der Waals surface area contributed by atoms with Crippen LogP contribution in [0.1, 0.15) is 19.0 Å². The Hall–Kier alpha value is -0.820. The molecular formula is C10H17N3O2S2. The van der Waals surface area contributed by atoms with Crippen molar-refractivity contribution in [1.29, 1.82) is 0 Å². The maximum absolute atomic E-state index is 11.1. The standard InChI is InChI=1S/C10H17N3O2S2/c1-2-4-11-10(14)13-17-7-6-16-8-9-3-5-15-12-9/h3,5H,2,4,6-8H2,1H3,(H2,11,13,14). The molecule has 1 rings (SSSR count). The van der Waals surface area contributed by atoms with Crippen LogP contribution < -0.4 is 10.0 Å². The Kier molecular flexibility index (Phi) is 7.74. The van der Waals surface area contributed by atoms with E-state index in [4.69, 9.17) is 4.52 Å². The summed E-state index contributed by atoms with van der Waals surface area (Å²) in [6, 6.07) is 1.75. The van der Waals surface area contributed by atoms with Crippen molar-refractivity contribution in [2.75, 3.05) is 18.1 Å². The molecule has 2 amide bonds.